The first kappa shape index (κ1) is 16.0. The van der Waals surface area contributed by atoms with Crippen LogP contribution in [-0.2, 0) is 17.7 Å². The van der Waals surface area contributed by atoms with Crippen molar-refractivity contribution in [2.24, 2.45) is 0 Å². The van der Waals surface area contributed by atoms with Gasteiger partial charge in [-0.05, 0) is 13.0 Å². The van der Waals surface area contributed by atoms with Crippen LogP contribution in [0.15, 0.2) is 24.5 Å². The lowest BCUT2D eigenvalue weighted by molar-refractivity contribution is -0.384. The summed E-state index contributed by atoms with van der Waals surface area (Å²) in [5, 5.41) is 13.8. The van der Waals surface area contributed by atoms with E-state index in [2.05, 4.69) is 15.3 Å². The Bertz CT molecular complexity index is 715. The van der Waals surface area contributed by atoms with Crippen molar-refractivity contribution in [1.82, 2.24) is 18.2 Å². The number of nitro groups is 1. The van der Waals surface area contributed by atoms with Gasteiger partial charge < -0.3 is 5.32 Å². The normalized spacial score (nSPS) is 12.4. The van der Waals surface area contributed by atoms with Gasteiger partial charge in [0.2, 0.25) is 17.0 Å². The third-order valence-corrected chi connectivity index (χ3v) is 4.12. The predicted octanol–water partition coefficient (Wildman–Crippen LogP) is 1.10. The molecule has 0 spiro atoms. The van der Waals surface area contributed by atoms with Gasteiger partial charge >= 0.3 is 5.69 Å². The summed E-state index contributed by atoms with van der Waals surface area (Å²) in [4.78, 5) is 18.7. The first-order valence-corrected chi connectivity index (χ1v) is 7.44. The lowest BCUT2D eigenvalue weighted by Gasteiger charge is -2.10. The third kappa shape index (κ3) is 3.46. The number of nitrogens with one attached hydrogen (secondary N) is 1. The number of aryl methyl sites for hydroxylation is 1. The van der Waals surface area contributed by atoms with Crippen LogP contribution in [0.3, 0.4) is 0 Å². The van der Waals surface area contributed by atoms with Crippen molar-refractivity contribution in [1.29, 1.82) is 0 Å². The molecule has 0 aliphatic rings. The molecule has 0 saturated heterocycles. The van der Waals surface area contributed by atoms with E-state index < -0.39 is 16.1 Å². The molecular formula is C12H16N6O3S. The minimum atomic E-state index is -1.35. The number of hydrogen-bond donors (Lipinski definition) is 1. The van der Waals surface area contributed by atoms with Crippen LogP contribution in [0.2, 0.25) is 0 Å². The number of hydrogen-bond acceptors (Lipinski definition) is 6. The first-order valence-electron chi connectivity index (χ1n) is 6.38. The van der Waals surface area contributed by atoms with E-state index in [1.807, 2.05) is 0 Å². The van der Waals surface area contributed by atoms with Gasteiger partial charge in [0.05, 0.1) is 17.2 Å². The fraction of sp³-hybridized carbons (Fsp3) is 0.333. The SMILES string of the molecule is Cc1nc(CNc2ncccc2[N+](=O)[O-])cn1S(=O)N(C)C. The van der Waals surface area contributed by atoms with Crippen molar-refractivity contribution >= 4 is 22.7 Å². The predicted molar refractivity (Wildman–Crippen MR) is 82.4 cm³/mol. The molecule has 0 bridgehead atoms. The Hall–Kier alpha value is -2.33. The molecule has 0 radical (unpaired) electrons. The second kappa shape index (κ2) is 6.62. The van der Waals surface area contributed by atoms with E-state index in [-0.39, 0.29) is 18.1 Å². The van der Waals surface area contributed by atoms with E-state index in [9.17, 15) is 14.3 Å². The molecule has 118 valence electrons. The molecule has 2 rings (SSSR count). The Morgan fingerprint density at radius 2 is 2.23 bits per heavy atom. The zero-order valence-electron chi connectivity index (χ0n) is 12.4. The molecule has 0 saturated carbocycles. The molecule has 1 atom stereocenters. The lowest BCUT2D eigenvalue weighted by Crippen LogP contribution is -2.22. The lowest BCUT2D eigenvalue weighted by atomic mass is 10.4. The second-order valence-corrected chi connectivity index (χ2v) is 6.22. The zero-order chi connectivity index (χ0) is 16.3. The second-order valence-electron chi connectivity index (χ2n) is 4.63. The van der Waals surface area contributed by atoms with Crippen LogP contribution in [-0.4, -0.2) is 41.5 Å². The molecule has 1 N–H and O–H groups in total. The largest absolute Gasteiger partial charge is 0.359 e. The van der Waals surface area contributed by atoms with Crippen molar-refractivity contribution in [3.63, 3.8) is 0 Å². The first-order chi connectivity index (χ1) is 10.4. The molecule has 0 aliphatic heterocycles. The molecule has 9 nitrogen and oxygen atoms in total. The minimum absolute atomic E-state index is 0.101. The Morgan fingerprint density at radius 1 is 1.50 bits per heavy atom. The number of pyridine rings is 1. The van der Waals surface area contributed by atoms with E-state index in [1.165, 1.54) is 22.3 Å². The molecule has 2 aromatic rings. The van der Waals surface area contributed by atoms with Crippen molar-refractivity contribution in [3.8, 4) is 0 Å². The molecule has 1 unspecified atom stereocenters. The molecule has 0 aliphatic carbocycles. The van der Waals surface area contributed by atoms with E-state index in [4.69, 9.17) is 0 Å². The fourth-order valence-electron chi connectivity index (χ4n) is 1.79. The monoisotopic (exact) mass is 324 g/mol. The van der Waals surface area contributed by atoms with Gasteiger partial charge in [-0.2, -0.15) is 0 Å². The molecule has 2 aromatic heterocycles. The van der Waals surface area contributed by atoms with Crippen molar-refractivity contribution in [2.75, 3.05) is 19.4 Å². The zero-order valence-corrected chi connectivity index (χ0v) is 13.2. The van der Waals surface area contributed by atoms with E-state index in [0.29, 0.717) is 11.5 Å². The summed E-state index contributed by atoms with van der Waals surface area (Å²) >= 11 is -1.35. The Balaban J connectivity index is 2.15. The summed E-state index contributed by atoms with van der Waals surface area (Å²) in [6, 6.07) is 2.88. The Kier molecular flexibility index (Phi) is 4.83. The summed E-state index contributed by atoms with van der Waals surface area (Å²) in [5.41, 5.74) is 0.517. The van der Waals surface area contributed by atoms with Gasteiger partial charge in [-0.25, -0.2) is 22.5 Å². The van der Waals surface area contributed by atoms with Crippen molar-refractivity contribution in [2.45, 2.75) is 13.5 Å². The number of imidazole rings is 1. The van der Waals surface area contributed by atoms with Gasteiger partial charge in [-0.1, -0.05) is 0 Å². The Morgan fingerprint density at radius 3 is 2.86 bits per heavy atom. The number of anilines is 1. The highest BCUT2D eigenvalue weighted by Gasteiger charge is 2.15. The van der Waals surface area contributed by atoms with E-state index in [1.54, 1.807) is 31.5 Å². The van der Waals surface area contributed by atoms with Crippen LogP contribution in [0, 0.1) is 17.0 Å². The molecular weight excluding hydrogens is 308 g/mol. The Labute approximate surface area is 129 Å². The van der Waals surface area contributed by atoms with E-state index in [0.717, 1.165) is 0 Å². The standard InChI is InChI=1S/C12H16N6O3S/c1-9-15-10(8-17(9)22(21)16(2)3)7-14-12-11(18(19)20)5-4-6-13-12/h4-6,8H,7H2,1-3H3,(H,13,14). The summed E-state index contributed by atoms with van der Waals surface area (Å²) in [5.74, 6) is 0.771. The van der Waals surface area contributed by atoms with Crippen LogP contribution in [0.5, 0.6) is 0 Å². The van der Waals surface area contributed by atoms with Gasteiger partial charge in [-0.15, -0.1) is 0 Å². The maximum atomic E-state index is 12.0. The van der Waals surface area contributed by atoms with Crippen LogP contribution in [0.25, 0.3) is 0 Å². The van der Waals surface area contributed by atoms with E-state index >= 15 is 0 Å². The number of rotatable bonds is 6. The molecule has 2 heterocycles. The maximum absolute atomic E-state index is 12.0. The molecule has 0 aromatic carbocycles. The van der Waals surface area contributed by atoms with Crippen molar-refractivity contribution in [3.05, 3.63) is 46.2 Å². The quantitative estimate of drug-likeness (QED) is 0.630. The van der Waals surface area contributed by atoms with Crippen LogP contribution in [0.4, 0.5) is 11.5 Å². The minimum Gasteiger partial charge on any atom is -0.359 e. The summed E-state index contributed by atoms with van der Waals surface area (Å²) in [6.45, 7) is 1.99. The average molecular weight is 324 g/mol. The van der Waals surface area contributed by atoms with Crippen LogP contribution in [0.1, 0.15) is 11.5 Å². The van der Waals surface area contributed by atoms with Crippen molar-refractivity contribution < 1.29 is 9.13 Å². The molecule has 22 heavy (non-hydrogen) atoms. The summed E-state index contributed by atoms with van der Waals surface area (Å²) in [7, 11) is 3.40. The summed E-state index contributed by atoms with van der Waals surface area (Å²) < 4.78 is 15.1. The van der Waals surface area contributed by atoms with Gasteiger partial charge in [-0.3, -0.25) is 10.1 Å². The highest BCUT2D eigenvalue weighted by molar-refractivity contribution is 7.81. The average Bonchev–Trinajstić information content (AvgIpc) is 2.85. The molecule has 10 heteroatoms. The number of aromatic nitrogens is 3. The highest BCUT2D eigenvalue weighted by atomic mass is 32.2. The third-order valence-electron chi connectivity index (χ3n) is 2.79. The summed E-state index contributed by atoms with van der Waals surface area (Å²) in [6.07, 6.45) is 3.12. The fourth-order valence-corrected chi connectivity index (χ4v) is 2.62. The highest BCUT2D eigenvalue weighted by Crippen LogP contribution is 2.20. The maximum Gasteiger partial charge on any atom is 0.311 e. The van der Waals surface area contributed by atoms with Gasteiger partial charge in [0.25, 0.3) is 0 Å². The number of nitrogens with zero attached hydrogens (tertiary/aromatic N) is 5. The van der Waals surface area contributed by atoms with Crippen LogP contribution < -0.4 is 5.32 Å². The molecule has 0 fully saturated rings. The molecule has 0 amide bonds. The van der Waals surface area contributed by atoms with Gasteiger partial charge in [0, 0.05) is 32.6 Å². The van der Waals surface area contributed by atoms with Gasteiger partial charge in [0.15, 0.2) is 0 Å². The van der Waals surface area contributed by atoms with Gasteiger partial charge in [0.1, 0.15) is 5.82 Å². The topological polar surface area (TPSA) is 106 Å². The van der Waals surface area contributed by atoms with Crippen LogP contribution >= 0.6 is 0 Å². The smallest absolute Gasteiger partial charge is 0.311 e.